The van der Waals surface area contributed by atoms with Crippen molar-refractivity contribution in [3.05, 3.63) is 0 Å². The van der Waals surface area contributed by atoms with Gasteiger partial charge in [0.1, 0.15) is 0 Å². The maximum atomic E-state index is 8.88. The van der Waals surface area contributed by atoms with Crippen molar-refractivity contribution in [2.45, 2.75) is 0 Å². The van der Waals surface area contributed by atoms with E-state index in [-0.39, 0.29) is 110 Å². The monoisotopic (exact) mass is 281 g/mol. The standard InChI is InChI=1S/K.2Na.2H3O4P/c;;;2*1-5(2,3)4/h;;;2*(H3,1,2,3,4)/q3*+1;;. The molecular weight excluding hydrogens is 275 g/mol. The van der Waals surface area contributed by atoms with Crippen LogP contribution in [0.15, 0.2) is 0 Å². The molecule has 0 radical (unpaired) electrons. The molecule has 0 aromatic rings. The van der Waals surface area contributed by atoms with E-state index in [2.05, 4.69) is 0 Å². The SMILES string of the molecule is O=P(O)(O)O.O=P(O)(O)O.[K+].[Na+].[Na+]. The van der Waals surface area contributed by atoms with Gasteiger partial charge in [0.05, 0.1) is 0 Å². The molecule has 0 aliphatic rings. The molecule has 0 aromatic carbocycles. The molecule has 0 unspecified atom stereocenters. The first-order valence-electron chi connectivity index (χ1n) is 1.57. The van der Waals surface area contributed by atoms with Crippen molar-refractivity contribution < 1.29 is 149 Å². The van der Waals surface area contributed by atoms with Gasteiger partial charge in [0.15, 0.2) is 0 Å². The van der Waals surface area contributed by atoms with Crippen molar-refractivity contribution in [3.63, 3.8) is 0 Å². The van der Waals surface area contributed by atoms with E-state index in [0.29, 0.717) is 0 Å². The molecule has 64 valence electrons. The van der Waals surface area contributed by atoms with Crippen molar-refractivity contribution in [1.82, 2.24) is 0 Å². The van der Waals surface area contributed by atoms with Crippen LogP contribution in [0.4, 0.5) is 0 Å². The second-order valence-corrected chi connectivity index (χ2v) is 3.08. The largest absolute Gasteiger partial charge is 1.00 e. The van der Waals surface area contributed by atoms with Gasteiger partial charge < -0.3 is 29.4 Å². The molecule has 0 heterocycles. The second-order valence-electron chi connectivity index (χ2n) is 1.03. The molecule has 0 bridgehead atoms. The molecule has 0 aliphatic heterocycles. The van der Waals surface area contributed by atoms with Gasteiger partial charge in [-0.05, 0) is 0 Å². The average molecular weight is 281 g/mol. The van der Waals surface area contributed by atoms with Crippen LogP contribution in [0.3, 0.4) is 0 Å². The van der Waals surface area contributed by atoms with Crippen LogP contribution in [0, 0.1) is 0 Å². The van der Waals surface area contributed by atoms with Crippen LogP contribution in [0.5, 0.6) is 0 Å². The summed E-state index contributed by atoms with van der Waals surface area (Å²) in [6.07, 6.45) is 0. The Balaban J connectivity index is -0.0000000267. The van der Waals surface area contributed by atoms with Crippen LogP contribution in [-0.2, 0) is 9.13 Å². The predicted molar refractivity (Wildman–Crippen MR) is 28.5 cm³/mol. The molecule has 0 saturated heterocycles. The Kier molecular flexibility index (Phi) is 32.3. The van der Waals surface area contributed by atoms with E-state index in [1.807, 2.05) is 0 Å². The molecule has 0 aromatic heterocycles. The molecule has 13 heteroatoms. The summed E-state index contributed by atoms with van der Waals surface area (Å²) in [5.41, 5.74) is 0. The van der Waals surface area contributed by atoms with E-state index in [4.69, 9.17) is 38.5 Å². The summed E-state index contributed by atoms with van der Waals surface area (Å²) in [5.74, 6) is 0. The van der Waals surface area contributed by atoms with Crippen molar-refractivity contribution in [3.8, 4) is 0 Å². The minimum absolute atomic E-state index is 0. The number of hydrogen-bond acceptors (Lipinski definition) is 2. The first-order valence-corrected chi connectivity index (χ1v) is 4.70. The zero-order valence-electron chi connectivity index (χ0n) is 7.39. The van der Waals surface area contributed by atoms with Gasteiger partial charge in [0.25, 0.3) is 0 Å². The number of hydrogen-bond donors (Lipinski definition) is 6. The topological polar surface area (TPSA) is 156 Å². The molecule has 0 amide bonds. The number of rotatable bonds is 0. The number of phosphoric acid groups is 2. The summed E-state index contributed by atoms with van der Waals surface area (Å²) in [4.78, 5) is 43.1. The summed E-state index contributed by atoms with van der Waals surface area (Å²) in [5, 5.41) is 0. The predicted octanol–water partition coefficient (Wildman–Crippen LogP) is -10.8. The minimum Gasteiger partial charge on any atom is -0.303 e. The van der Waals surface area contributed by atoms with E-state index in [9.17, 15) is 0 Å². The molecule has 0 atom stereocenters. The van der Waals surface area contributed by atoms with Crippen molar-refractivity contribution in [2.75, 3.05) is 0 Å². The molecule has 0 aliphatic carbocycles. The van der Waals surface area contributed by atoms with Crippen LogP contribution in [0.25, 0.3) is 0 Å². The molecule has 8 nitrogen and oxygen atoms in total. The van der Waals surface area contributed by atoms with E-state index in [1.165, 1.54) is 0 Å². The minimum atomic E-state index is -4.64. The molecular formula is H6KNa2O8P2+3. The van der Waals surface area contributed by atoms with Crippen molar-refractivity contribution >= 4 is 15.6 Å². The maximum Gasteiger partial charge on any atom is 1.00 e. The Labute approximate surface area is 161 Å². The summed E-state index contributed by atoms with van der Waals surface area (Å²) in [7, 11) is -9.28. The Morgan fingerprint density at radius 1 is 0.615 bits per heavy atom. The Bertz CT molecular complexity index is 132. The molecule has 6 N–H and O–H groups in total. The molecule has 0 fully saturated rings. The Hall–Kier alpha value is 3.86. The molecule has 0 rings (SSSR count). The van der Waals surface area contributed by atoms with Crippen LogP contribution in [-0.4, -0.2) is 29.4 Å². The van der Waals surface area contributed by atoms with Crippen LogP contribution in [0.1, 0.15) is 0 Å². The van der Waals surface area contributed by atoms with Crippen LogP contribution >= 0.6 is 15.6 Å². The van der Waals surface area contributed by atoms with E-state index in [0.717, 1.165) is 0 Å². The van der Waals surface area contributed by atoms with E-state index in [1.54, 1.807) is 0 Å². The van der Waals surface area contributed by atoms with Crippen LogP contribution in [0.2, 0.25) is 0 Å². The van der Waals surface area contributed by atoms with Crippen molar-refractivity contribution in [2.24, 2.45) is 0 Å². The van der Waals surface area contributed by atoms with Gasteiger partial charge in [-0.15, -0.1) is 0 Å². The molecule has 13 heavy (non-hydrogen) atoms. The Morgan fingerprint density at radius 3 is 0.615 bits per heavy atom. The smallest absolute Gasteiger partial charge is 0.303 e. The fraction of sp³-hybridized carbons (Fsp3) is 0. The molecule has 0 spiro atoms. The quantitative estimate of drug-likeness (QED) is 0.189. The first kappa shape index (κ1) is 30.1. The third-order valence-electron chi connectivity index (χ3n) is 0. The Morgan fingerprint density at radius 2 is 0.615 bits per heavy atom. The summed E-state index contributed by atoms with van der Waals surface area (Å²) < 4.78 is 17.8. The fourth-order valence-electron chi connectivity index (χ4n) is 0. The van der Waals surface area contributed by atoms with Gasteiger partial charge in [-0.3, -0.25) is 0 Å². The van der Waals surface area contributed by atoms with E-state index < -0.39 is 15.6 Å². The zero-order chi connectivity index (χ0) is 9.00. The second kappa shape index (κ2) is 13.9. The van der Waals surface area contributed by atoms with Gasteiger partial charge in [0.2, 0.25) is 0 Å². The van der Waals surface area contributed by atoms with Gasteiger partial charge in [-0.1, -0.05) is 0 Å². The van der Waals surface area contributed by atoms with Gasteiger partial charge >= 0.3 is 126 Å². The average Bonchev–Trinajstić information content (AvgIpc) is 1.12. The summed E-state index contributed by atoms with van der Waals surface area (Å²) >= 11 is 0. The molecule has 0 saturated carbocycles. The third-order valence-corrected chi connectivity index (χ3v) is 0. The normalized spacial score (nSPS) is 9.08. The maximum absolute atomic E-state index is 8.88. The van der Waals surface area contributed by atoms with Gasteiger partial charge in [-0.25, -0.2) is 9.13 Å². The van der Waals surface area contributed by atoms with Gasteiger partial charge in [-0.2, -0.15) is 0 Å². The van der Waals surface area contributed by atoms with E-state index >= 15 is 0 Å². The van der Waals surface area contributed by atoms with Crippen LogP contribution < -0.4 is 110 Å². The summed E-state index contributed by atoms with van der Waals surface area (Å²) in [6, 6.07) is 0. The first-order chi connectivity index (χ1) is 4.00. The fourth-order valence-corrected chi connectivity index (χ4v) is 0. The summed E-state index contributed by atoms with van der Waals surface area (Å²) in [6.45, 7) is 0. The zero-order valence-corrected chi connectivity index (χ0v) is 16.3. The third kappa shape index (κ3) is 205. The van der Waals surface area contributed by atoms with Crippen molar-refractivity contribution in [1.29, 1.82) is 0 Å². The van der Waals surface area contributed by atoms with Gasteiger partial charge in [0, 0.05) is 0 Å².